The fourth-order valence-electron chi connectivity index (χ4n) is 2.72. The van der Waals surface area contributed by atoms with Crippen LogP contribution in [0.15, 0.2) is 54.6 Å². The van der Waals surface area contributed by atoms with Crippen LogP contribution >= 0.6 is 0 Å². The normalized spacial score (nSPS) is 16.8. The van der Waals surface area contributed by atoms with Gasteiger partial charge in [-0.05, 0) is 36.1 Å². The van der Waals surface area contributed by atoms with Crippen molar-refractivity contribution in [1.29, 1.82) is 0 Å². The molecule has 1 atom stereocenters. The van der Waals surface area contributed by atoms with Gasteiger partial charge in [-0.3, -0.25) is 4.79 Å². The minimum absolute atomic E-state index is 0.0749. The van der Waals surface area contributed by atoms with E-state index in [1.165, 1.54) is 12.1 Å². The Morgan fingerprint density at radius 3 is 2.55 bits per heavy atom. The van der Waals surface area contributed by atoms with Crippen LogP contribution in [0.25, 0.3) is 0 Å². The molecule has 0 aliphatic heterocycles. The van der Waals surface area contributed by atoms with Crippen molar-refractivity contribution in [3.63, 3.8) is 0 Å². The number of halogens is 1. The molecule has 3 rings (SSSR count). The first-order valence-corrected chi connectivity index (χ1v) is 7.39. The number of carbonyl (C=O) groups is 1. The van der Waals surface area contributed by atoms with Gasteiger partial charge in [0.2, 0.25) is 5.91 Å². The van der Waals surface area contributed by atoms with Crippen molar-refractivity contribution in [2.24, 2.45) is 0 Å². The second kappa shape index (κ2) is 5.89. The van der Waals surface area contributed by atoms with Gasteiger partial charge in [0.05, 0.1) is 11.5 Å². The van der Waals surface area contributed by atoms with Gasteiger partial charge in [-0.2, -0.15) is 0 Å². The molecule has 0 radical (unpaired) electrons. The molecular weight excluding hydrogens is 281 g/mol. The van der Waals surface area contributed by atoms with E-state index >= 15 is 0 Å². The zero-order valence-electron chi connectivity index (χ0n) is 12.1. The molecule has 4 heteroatoms. The van der Waals surface area contributed by atoms with Crippen LogP contribution in [0.4, 0.5) is 4.39 Å². The van der Waals surface area contributed by atoms with E-state index in [0.717, 1.165) is 18.4 Å². The number of aliphatic hydroxyl groups is 1. The average Bonchev–Trinajstić information content (AvgIpc) is 3.35. The quantitative estimate of drug-likeness (QED) is 0.892. The summed E-state index contributed by atoms with van der Waals surface area (Å²) in [6, 6.07) is 15.5. The van der Waals surface area contributed by atoms with E-state index in [1.807, 2.05) is 30.3 Å². The third-order valence-corrected chi connectivity index (χ3v) is 4.20. The first kappa shape index (κ1) is 14.7. The summed E-state index contributed by atoms with van der Waals surface area (Å²) in [6.07, 6.45) is 0.726. The van der Waals surface area contributed by atoms with Crippen LogP contribution in [0.5, 0.6) is 0 Å². The fraction of sp³-hybridized carbons (Fsp3) is 0.278. The Hall–Kier alpha value is -2.20. The topological polar surface area (TPSA) is 49.3 Å². The number of hydrogen-bond acceptors (Lipinski definition) is 2. The molecule has 0 heterocycles. The lowest BCUT2D eigenvalue weighted by Crippen LogP contribution is -2.37. The zero-order chi connectivity index (χ0) is 15.6. The largest absolute Gasteiger partial charge is 0.387 e. The highest BCUT2D eigenvalue weighted by molar-refractivity contribution is 5.91. The summed E-state index contributed by atoms with van der Waals surface area (Å²) in [7, 11) is 0. The molecule has 0 spiro atoms. The van der Waals surface area contributed by atoms with E-state index in [-0.39, 0.29) is 12.5 Å². The lowest BCUT2D eigenvalue weighted by molar-refractivity contribution is -0.124. The van der Waals surface area contributed by atoms with Crippen LogP contribution in [0, 0.1) is 5.82 Å². The smallest absolute Gasteiger partial charge is 0.230 e. The van der Waals surface area contributed by atoms with Crippen LogP contribution in [-0.2, 0) is 10.2 Å². The lowest BCUT2D eigenvalue weighted by atomic mass is 9.95. The Labute approximate surface area is 128 Å². The van der Waals surface area contributed by atoms with Crippen LogP contribution < -0.4 is 5.32 Å². The summed E-state index contributed by atoms with van der Waals surface area (Å²) in [6.45, 7) is 0.0802. The Bertz CT molecular complexity index is 668. The van der Waals surface area contributed by atoms with Crippen molar-refractivity contribution in [2.45, 2.75) is 24.4 Å². The van der Waals surface area contributed by atoms with E-state index < -0.39 is 17.3 Å². The van der Waals surface area contributed by atoms with Crippen LogP contribution in [0.1, 0.15) is 30.1 Å². The molecule has 0 unspecified atom stereocenters. The summed E-state index contributed by atoms with van der Waals surface area (Å²) in [5, 5.41) is 12.9. The van der Waals surface area contributed by atoms with Crippen LogP contribution in [-0.4, -0.2) is 17.6 Å². The zero-order valence-corrected chi connectivity index (χ0v) is 12.1. The lowest BCUT2D eigenvalue weighted by Gasteiger charge is -2.18. The second-order valence-electron chi connectivity index (χ2n) is 5.73. The van der Waals surface area contributed by atoms with E-state index in [4.69, 9.17) is 0 Å². The van der Waals surface area contributed by atoms with Gasteiger partial charge >= 0.3 is 0 Å². The fourth-order valence-corrected chi connectivity index (χ4v) is 2.72. The molecule has 1 amide bonds. The van der Waals surface area contributed by atoms with Gasteiger partial charge < -0.3 is 10.4 Å². The molecule has 3 nitrogen and oxygen atoms in total. The van der Waals surface area contributed by atoms with Crippen molar-refractivity contribution in [3.8, 4) is 0 Å². The maximum Gasteiger partial charge on any atom is 0.230 e. The van der Waals surface area contributed by atoms with Gasteiger partial charge in [-0.15, -0.1) is 0 Å². The van der Waals surface area contributed by atoms with Gasteiger partial charge in [-0.1, -0.05) is 42.5 Å². The molecule has 0 saturated heterocycles. The standard InChI is InChI=1S/C18H18FNO2/c19-15-8-4-5-13(11-15)16(21)12-20-17(22)18(9-10-18)14-6-2-1-3-7-14/h1-8,11,16,21H,9-10,12H2,(H,20,22)/t16-/m0/s1. The molecule has 1 fully saturated rings. The highest BCUT2D eigenvalue weighted by Crippen LogP contribution is 2.48. The van der Waals surface area contributed by atoms with E-state index in [2.05, 4.69) is 5.32 Å². The van der Waals surface area contributed by atoms with Gasteiger partial charge in [0.25, 0.3) is 0 Å². The molecule has 1 aliphatic carbocycles. The maximum absolute atomic E-state index is 13.1. The molecule has 0 bridgehead atoms. The first-order valence-electron chi connectivity index (χ1n) is 7.39. The van der Waals surface area contributed by atoms with Gasteiger partial charge in [0, 0.05) is 6.54 Å². The van der Waals surface area contributed by atoms with Crippen molar-refractivity contribution in [3.05, 3.63) is 71.5 Å². The molecule has 2 aromatic carbocycles. The van der Waals surface area contributed by atoms with Crippen LogP contribution in [0.3, 0.4) is 0 Å². The first-order chi connectivity index (χ1) is 10.6. The predicted octanol–water partition coefficient (Wildman–Crippen LogP) is 2.71. The Morgan fingerprint density at radius 2 is 1.91 bits per heavy atom. The van der Waals surface area contributed by atoms with Crippen molar-refractivity contribution in [2.75, 3.05) is 6.54 Å². The molecule has 2 N–H and O–H groups in total. The highest BCUT2D eigenvalue weighted by Gasteiger charge is 2.51. The van der Waals surface area contributed by atoms with Gasteiger partial charge in [0.15, 0.2) is 0 Å². The second-order valence-corrected chi connectivity index (χ2v) is 5.73. The minimum atomic E-state index is -0.911. The Morgan fingerprint density at radius 1 is 1.18 bits per heavy atom. The molecule has 1 saturated carbocycles. The van der Waals surface area contributed by atoms with Crippen molar-refractivity contribution in [1.82, 2.24) is 5.32 Å². The number of nitrogens with one attached hydrogen (secondary N) is 1. The molecule has 114 valence electrons. The number of carbonyl (C=O) groups excluding carboxylic acids is 1. The SMILES string of the molecule is O=C(NC[C@H](O)c1cccc(F)c1)C1(c2ccccc2)CC1. The molecular formula is C18H18FNO2. The maximum atomic E-state index is 13.1. The Balaban J connectivity index is 1.63. The van der Waals surface area contributed by atoms with E-state index in [9.17, 15) is 14.3 Å². The molecule has 2 aromatic rings. The summed E-state index contributed by atoms with van der Waals surface area (Å²) in [5.41, 5.74) is 1.01. The summed E-state index contributed by atoms with van der Waals surface area (Å²) < 4.78 is 13.1. The number of benzene rings is 2. The molecule has 0 aromatic heterocycles. The van der Waals surface area contributed by atoms with E-state index in [0.29, 0.717) is 5.56 Å². The third-order valence-electron chi connectivity index (χ3n) is 4.20. The summed E-state index contributed by atoms with van der Waals surface area (Å²) in [4.78, 5) is 12.4. The Kier molecular flexibility index (Phi) is 3.94. The third kappa shape index (κ3) is 2.88. The van der Waals surface area contributed by atoms with Gasteiger partial charge in [-0.25, -0.2) is 4.39 Å². The van der Waals surface area contributed by atoms with Crippen molar-refractivity contribution >= 4 is 5.91 Å². The number of hydrogen-bond donors (Lipinski definition) is 2. The van der Waals surface area contributed by atoms with Crippen LogP contribution in [0.2, 0.25) is 0 Å². The minimum Gasteiger partial charge on any atom is -0.387 e. The molecule has 22 heavy (non-hydrogen) atoms. The number of amides is 1. The number of aliphatic hydroxyl groups excluding tert-OH is 1. The summed E-state index contributed by atoms with van der Waals surface area (Å²) in [5.74, 6) is -0.472. The monoisotopic (exact) mass is 299 g/mol. The highest BCUT2D eigenvalue weighted by atomic mass is 19.1. The summed E-state index contributed by atoms with van der Waals surface area (Å²) >= 11 is 0. The predicted molar refractivity (Wildman–Crippen MR) is 81.7 cm³/mol. The van der Waals surface area contributed by atoms with Gasteiger partial charge in [0.1, 0.15) is 5.82 Å². The average molecular weight is 299 g/mol. The number of rotatable bonds is 5. The van der Waals surface area contributed by atoms with E-state index in [1.54, 1.807) is 12.1 Å². The molecule has 1 aliphatic rings. The van der Waals surface area contributed by atoms with Crippen molar-refractivity contribution < 1.29 is 14.3 Å².